The number of nitrogens with zero attached hydrogens (tertiary/aromatic N) is 1. The molecule has 1 heterocycles. The van der Waals surface area contributed by atoms with Crippen LogP contribution in [0.3, 0.4) is 0 Å². The Hall–Kier alpha value is -2.66. The second-order valence-corrected chi connectivity index (χ2v) is 6.71. The number of hydrogen-bond acceptors (Lipinski definition) is 4. The fourth-order valence-corrected chi connectivity index (χ4v) is 3.05. The monoisotopic (exact) mass is 352 g/mol. The third-order valence-electron chi connectivity index (χ3n) is 3.80. The smallest absolute Gasteiger partial charge is 0.255 e. The molecule has 0 aliphatic rings. The third-order valence-corrected chi connectivity index (χ3v) is 4.43. The van der Waals surface area contributed by atoms with E-state index in [9.17, 15) is 4.79 Å². The number of thiazole rings is 1. The zero-order valence-electron chi connectivity index (χ0n) is 14.2. The van der Waals surface area contributed by atoms with Gasteiger partial charge in [0, 0.05) is 16.6 Å². The average molecular weight is 352 g/mol. The van der Waals surface area contributed by atoms with E-state index in [-0.39, 0.29) is 5.91 Å². The van der Waals surface area contributed by atoms with Crippen molar-refractivity contribution in [3.8, 4) is 5.75 Å². The van der Waals surface area contributed by atoms with Gasteiger partial charge in [-0.05, 0) is 35.7 Å². The summed E-state index contributed by atoms with van der Waals surface area (Å²) in [6, 6.07) is 15.1. The summed E-state index contributed by atoms with van der Waals surface area (Å²) in [5, 5.41) is 4.94. The van der Waals surface area contributed by atoms with Gasteiger partial charge in [-0.3, -0.25) is 4.79 Å². The highest BCUT2D eigenvalue weighted by Gasteiger charge is 2.11. The predicted octanol–water partition coefficient (Wildman–Crippen LogP) is 5.10. The molecule has 1 aromatic heterocycles. The van der Waals surface area contributed by atoms with Crippen LogP contribution >= 0.6 is 11.3 Å². The number of aromatic nitrogens is 1. The van der Waals surface area contributed by atoms with Crippen molar-refractivity contribution < 1.29 is 9.53 Å². The van der Waals surface area contributed by atoms with Gasteiger partial charge in [0.25, 0.3) is 5.91 Å². The van der Waals surface area contributed by atoms with Crippen LogP contribution in [0.2, 0.25) is 0 Å². The zero-order valence-corrected chi connectivity index (χ0v) is 15.0. The van der Waals surface area contributed by atoms with Crippen LogP contribution in [-0.4, -0.2) is 10.9 Å². The number of para-hydroxylation sites is 1. The van der Waals surface area contributed by atoms with Crippen molar-refractivity contribution >= 4 is 22.9 Å². The predicted molar refractivity (Wildman–Crippen MR) is 101 cm³/mol. The quantitative estimate of drug-likeness (QED) is 0.671. The number of ether oxygens (including phenoxy) is 1. The van der Waals surface area contributed by atoms with Crippen molar-refractivity contribution in [1.29, 1.82) is 0 Å². The van der Waals surface area contributed by atoms with Gasteiger partial charge in [0.1, 0.15) is 12.4 Å². The molecule has 3 aromatic rings. The number of hydrogen-bond donors (Lipinski definition) is 1. The van der Waals surface area contributed by atoms with Gasteiger partial charge in [-0.15, -0.1) is 11.3 Å². The molecule has 25 heavy (non-hydrogen) atoms. The Morgan fingerprint density at radius 3 is 2.80 bits per heavy atom. The summed E-state index contributed by atoms with van der Waals surface area (Å²) >= 11 is 1.53. The molecule has 2 aromatic carbocycles. The highest BCUT2D eigenvalue weighted by Crippen LogP contribution is 2.24. The van der Waals surface area contributed by atoms with Crippen LogP contribution in [0, 0.1) is 0 Å². The largest absolute Gasteiger partial charge is 0.487 e. The van der Waals surface area contributed by atoms with E-state index in [1.165, 1.54) is 11.3 Å². The maximum atomic E-state index is 12.6. The van der Waals surface area contributed by atoms with E-state index in [1.54, 1.807) is 17.6 Å². The van der Waals surface area contributed by atoms with Crippen LogP contribution in [0.5, 0.6) is 5.75 Å². The summed E-state index contributed by atoms with van der Waals surface area (Å²) in [7, 11) is 0. The number of benzene rings is 2. The molecule has 0 bridgehead atoms. The normalized spacial score (nSPS) is 10.7. The Balaban J connectivity index is 1.71. The summed E-state index contributed by atoms with van der Waals surface area (Å²) in [6.07, 6.45) is 0. The molecular formula is C20H20N2O2S. The molecule has 0 aliphatic heterocycles. The van der Waals surface area contributed by atoms with Crippen LogP contribution in [-0.2, 0) is 6.61 Å². The van der Waals surface area contributed by atoms with Crippen molar-refractivity contribution in [1.82, 2.24) is 4.98 Å². The minimum atomic E-state index is -0.146. The molecule has 1 N–H and O–H groups in total. The standard InChI is InChI=1S/C20H20N2O2S/c1-14(2)18-8-3-4-9-19(18)22-20(23)15-6-5-7-17(10-15)24-11-16-12-25-13-21-16/h3-10,12-14H,11H2,1-2H3,(H,22,23). The highest BCUT2D eigenvalue weighted by atomic mass is 32.1. The van der Waals surface area contributed by atoms with Crippen LogP contribution < -0.4 is 10.1 Å². The first-order chi connectivity index (χ1) is 12.1. The van der Waals surface area contributed by atoms with Crippen LogP contribution in [0.1, 0.15) is 41.4 Å². The number of carbonyl (C=O) groups excluding carboxylic acids is 1. The van der Waals surface area contributed by atoms with E-state index in [4.69, 9.17) is 4.74 Å². The van der Waals surface area contributed by atoms with Gasteiger partial charge in [0.2, 0.25) is 0 Å². The zero-order chi connectivity index (χ0) is 17.6. The van der Waals surface area contributed by atoms with Crippen molar-refractivity contribution in [3.63, 3.8) is 0 Å². The lowest BCUT2D eigenvalue weighted by Crippen LogP contribution is -2.13. The SMILES string of the molecule is CC(C)c1ccccc1NC(=O)c1cccc(OCc2cscn2)c1. The van der Waals surface area contributed by atoms with Gasteiger partial charge in [0.05, 0.1) is 11.2 Å². The fraction of sp³-hybridized carbons (Fsp3) is 0.200. The molecule has 3 rings (SSSR count). The maximum absolute atomic E-state index is 12.6. The number of amides is 1. The van der Waals surface area contributed by atoms with Gasteiger partial charge >= 0.3 is 0 Å². The van der Waals surface area contributed by atoms with E-state index in [0.29, 0.717) is 23.8 Å². The first-order valence-corrected chi connectivity index (χ1v) is 9.08. The molecule has 0 fully saturated rings. The van der Waals surface area contributed by atoms with E-state index < -0.39 is 0 Å². The van der Waals surface area contributed by atoms with Crippen LogP contribution in [0.25, 0.3) is 0 Å². The van der Waals surface area contributed by atoms with Gasteiger partial charge in [-0.2, -0.15) is 0 Å². The van der Waals surface area contributed by atoms with Crippen LogP contribution in [0.4, 0.5) is 5.69 Å². The number of nitrogens with one attached hydrogen (secondary N) is 1. The molecule has 0 saturated heterocycles. The second kappa shape index (κ2) is 7.94. The number of carbonyl (C=O) groups is 1. The topological polar surface area (TPSA) is 51.2 Å². The molecule has 4 nitrogen and oxygen atoms in total. The fourth-order valence-electron chi connectivity index (χ4n) is 2.50. The van der Waals surface area contributed by atoms with Gasteiger partial charge in [0.15, 0.2) is 0 Å². The van der Waals surface area contributed by atoms with Crippen molar-refractivity contribution in [2.75, 3.05) is 5.32 Å². The number of anilines is 1. The molecule has 1 amide bonds. The minimum Gasteiger partial charge on any atom is -0.487 e. The second-order valence-electron chi connectivity index (χ2n) is 5.99. The molecule has 0 radical (unpaired) electrons. The van der Waals surface area contributed by atoms with Gasteiger partial charge < -0.3 is 10.1 Å². The van der Waals surface area contributed by atoms with E-state index in [2.05, 4.69) is 24.1 Å². The highest BCUT2D eigenvalue weighted by molar-refractivity contribution is 7.07. The molecule has 5 heteroatoms. The molecule has 0 aliphatic carbocycles. The van der Waals surface area contributed by atoms with E-state index in [1.807, 2.05) is 41.8 Å². The van der Waals surface area contributed by atoms with Crippen molar-refractivity contribution in [2.45, 2.75) is 26.4 Å². The first kappa shape index (κ1) is 17.2. The molecule has 0 atom stereocenters. The Morgan fingerprint density at radius 2 is 2.04 bits per heavy atom. The summed E-state index contributed by atoms with van der Waals surface area (Å²) in [5.74, 6) is 0.842. The Bertz CT molecular complexity index is 844. The Labute approximate surface area is 151 Å². The van der Waals surface area contributed by atoms with Gasteiger partial charge in [-0.1, -0.05) is 38.1 Å². The van der Waals surface area contributed by atoms with E-state index in [0.717, 1.165) is 16.9 Å². The maximum Gasteiger partial charge on any atom is 0.255 e. The van der Waals surface area contributed by atoms with E-state index >= 15 is 0 Å². The summed E-state index contributed by atoms with van der Waals surface area (Å²) in [4.78, 5) is 16.8. The molecule has 0 spiro atoms. The minimum absolute atomic E-state index is 0.146. The Kier molecular flexibility index (Phi) is 5.46. The molecule has 0 unspecified atom stereocenters. The van der Waals surface area contributed by atoms with Crippen molar-refractivity contribution in [2.24, 2.45) is 0 Å². The van der Waals surface area contributed by atoms with Crippen molar-refractivity contribution in [3.05, 3.63) is 76.2 Å². The molecular weight excluding hydrogens is 332 g/mol. The van der Waals surface area contributed by atoms with Gasteiger partial charge in [-0.25, -0.2) is 4.98 Å². The summed E-state index contributed by atoms with van der Waals surface area (Å²) in [5.41, 5.74) is 5.18. The van der Waals surface area contributed by atoms with Crippen LogP contribution in [0.15, 0.2) is 59.4 Å². The lowest BCUT2D eigenvalue weighted by atomic mass is 10.0. The lowest BCUT2D eigenvalue weighted by Gasteiger charge is -2.14. The summed E-state index contributed by atoms with van der Waals surface area (Å²) < 4.78 is 5.72. The Morgan fingerprint density at radius 1 is 1.20 bits per heavy atom. The lowest BCUT2D eigenvalue weighted by molar-refractivity contribution is 0.102. The molecule has 0 saturated carbocycles. The average Bonchev–Trinajstić information content (AvgIpc) is 3.14. The third kappa shape index (κ3) is 4.45. The molecule has 128 valence electrons. The number of rotatable bonds is 6. The first-order valence-electron chi connectivity index (χ1n) is 8.13. The summed E-state index contributed by atoms with van der Waals surface area (Å²) in [6.45, 7) is 4.61.